The molecular formula is C15H12ClNO2. The van der Waals surface area contributed by atoms with Crippen LogP contribution in [-0.2, 0) is 6.61 Å². The Morgan fingerprint density at radius 1 is 1.11 bits per heavy atom. The van der Waals surface area contributed by atoms with Gasteiger partial charge in [0.2, 0.25) is 0 Å². The number of para-hydroxylation sites is 1. The molecule has 3 nitrogen and oxygen atoms in total. The first-order chi connectivity index (χ1) is 9.24. The number of ether oxygens (including phenoxy) is 1. The van der Waals surface area contributed by atoms with E-state index in [1.807, 2.05) is 42.5 Å². The maximum absolute atomic E-state index is 6.02. The Kier molecular flexibility index (Phi) is 3.05. The second kappa shape index (κ2) is 4.86. The van der Waals surface area contributed by atoms with Gasteiger partial charge in [-0.05, 0) is 30.3 Å². The molecule has 2 aromatic carbocycles. The molecule has 19 heavy (non-hydrogen) atoms. The number of nitrogen functional groups attached to an aromatic ring is 1. The monoisotopic (exact) mass is 273 g/mol. The molecule has 0 aliphatic carbocycles. The Morgan fingerprint density at radius 2 is 1.95 bits per heavy atom. The Morgan fingerprint density at radius 3 is 2.74 bits per heavy atom. The highest BCUT2D eigenvalue weighted by molar-refractivity contribution is 6.32. The SMILES string of the molecule is Nc1cccc2oc(COc3ccccc3Cl)cc12. The molecule has 0 aliphatic heterocycles. The van der Waals surface area contributed by atoms with Crippen LogP contribution in [0.25, 0.3) is 11.0 Å². The molecule has 3 aromatic rings. The van der Waals surface area contributed by atoms with Crippen LogP contribution in [0.15, 0.2) is 52.9 Å². The largest absolute Gasteiger partial charge is 0.484 e. The quantitative estimate of drug-likeness (QED) is 0.726. The molecule has 0 bridgehead atoms. The van der Waals surface area contributed by atoms with Crippen molar-refractivity contribution in [1.82, 2.24) is 0 Å². The summed E-state index contributed by atoms with van der Waals surface area (Å²) >= 11 is 6.02. The highest BCUT2D eigenvalue weighted by Gasteiger charge is 2.07. The molecule has 4 heteroatoms. The van der Waals surface area contributed by atoms with E-state index in [1.54, 1.807) is 6.07 Å². The normalized spacial score (nSPS) is 10.8. The number of anilines is 1. The van der Waals surface area contributed by atoms with E-state index in [-0.39, 0.29) is 0 Å². The van der Waals surface area contributed by atoms with Gasteiger partial charge in [-0.15, -0.1) is 0 Å². The molecule has 0 unspecified atom stereocenters. The molecule has 0 aliphatic rings. The molecule has 0 radical (unpaired) electrons. The van der Waals surface area contributed by atoms with E-state index in [9.17, 15) is 0 Å². The average Bonchev–Trinajstić information content (AvgIpc) is 2.82. The van der Waals surface area contributed by atoms with Gasteiger partial charge in [0.05, 0.1) is 5.02 Å². The summed E-state index contributed by atoms with van der Waals surface area (Å²) < 4.78 is 11.3. The van der Waals surface area contributed by atoms with E-state index in [4.69, 9.17) is 26.5 Å². The lowest BCUT2D eigenvalue weighted by Gasteiger charge is -2.05. The molecule has 3 rings (SSSR count). The number of benzene rings is 2. The molecule has 1 aromatic heterocycles. The predicted molar refractivity (Wildman–Crippen MR) is 76.4 cm³/mol. The molecule has 0 atom stereocenters. The number of nitrogens with two attached hydrogens (primary N) is 1. The van der Waals surface area contributed by atoms with Crippen molar-refractivity contribution in [1.29, 1.82) is 0 Å². The van der Waals surface area contributed by atoms with Gasteiger partial charge >= 0.3 is 0 Å². The molecule has 0 saturated heterocycles. The van der Waals surface area contributed by atoms with Crippen LogP contribution in [0.2, 0.25) is 5.02 Å². The van der Waals surface area contributed by atoms with Crippen molar-refractivity contribution in [3.05, 3.63) is 59.3 Å². The van der Waals surface area contributed by atoms with Gasteiger partial charge in [-0.1, -0.05) is 29.8 Å². The summed E-state index contributed by atoms with van der Waals surface area (Å²) in [4.78, 5) is 0. The van der Waals surface area contributed by atoms with Crippen molar-refractivity contribution in [2.24, 2.45) is 0 Å². The summed E-state index contributed by atoms with van der Waals surface area (Å²) in [6, 6.07) is 14.8. The molecule has 96 valence electrons. The third-order valence-electron chi connectivity index (χ3n) is 2.85. The fourth-order valence-electron chi connectivity index (χ4n) is 1.92. The van der Waals surface area contributed by atoms with Gasteiger partial charge in [0, 0.05) is 11.1 Å². The summed E-state index contributed by atoms with van der Waals surface area (Å²) in [6.45, 7) is 0.317. The topological polar surface area (TPSA) is 48.4 Å². The Labute approximate surface area is 115 Å². The molecule has 0 spiro atoms. The van der Waals surface area contributed by atoms with Gasteiger partial charge in [0.25, 0.3) is 0 Å². The molecule has 1 heterocycles. The van der Waals surface area contributed by atoms with Crippen LogP contribution in [0.1, 0.15) is 5.76 Å². The summed E-state index contributed by atoms with van der Waals surface area (Å²) in [5.41, 5.74) is 7.34. The maximum atomic E-state index is 6.02. The van der Waals surface area contributed by atoms with Crippen LogP contribution in [0.3, 0.4) is 0 Å². The van der Waals surface area contributed by atoms with E-state index >= 15 is 0 Å². The summed E-state index contributed by atoms with van der Waals surface area (Å²) in [5.74, 6) is 1.35. The van der Waals surface area contributed by atoms with Crippen LogP contribution < -0.4 is 10.5 Å². The first-order valence-electron chi connectivity index (χ1n) is 5.88. The molecule has 2 N–H and O–H groups in total. The van der Waals surface area contributed by atoms with Gasteiger partial charge in [-0.2, -0.15) is 0 Å². The minimum absolute atomic E-state index is 0.317. The van der Waals surface area contributed by atoms with Crippen LogP contribution >= 0.6 is 11.6 Å². The first-order valence-corrected chi connectivity index (χ1v) is 6.26. The minimum atomic E-state index is 0.317. The van der Waals surface area contributed by atoms with Crippen LogP contribution in [0.4, 0.5) is 5.69 Å². The lowest BCUT2D eigenvalue weighted by Crippen LogP contribution is -1.93. The second-order valence-electron chi connectivity index (χ2n) is 4.19. The van der Waals surface area contributed by atoms with Gasteiger partial charge in [-0.25, -0.2) is 0 Å². The maximum Gasteiger partial charge on any atom is 0.146 e. The van der Waals surface area contributed by atoms with Crippen molar-refractivity contribution in [3.8, 4) is 5.75 Å². The fourth-order valence-corrected chi connectivity index (χ4v) is 2.11. The number of rotatable bonds is 3. The fraction of sp³-hybridized carbons (Fsp3) is 0.0667. The minimum Gasteiger partial charge on any atom is -0.484 e. The molecule has 0 fully saturated rings. The smallest absolute Gasteiger partial charge is 0.146 e. The van der Waals surface area contributed by atoms with Gasteiger partial charge < -0.3 is 14.9 Å². The van der Waals surface area contributed by atoms with E-state index in [2.05, 4.69) is 0 Å². The van der Waals surface area contributed by atoms with Crippen molar-refractivity contribution in [3.63, 3.8) is 0 Å². The third kappa shape index (κ3) is 2.37. The molecular weight excluding hydrogens is 262 g/mol. The zero-order valence-electron chi connectivity index (χ0n) is 10.1. The van der Waals surface area contributed by atoms with Crippen molar-refractivity contribution in [2.75, 3.05) is 5.73 Å². The lowest BCUT2D eigenvalue weighted by molar-refractivity contribution is 0.274. The number of hydrogen-bond acceptors (Lipinski definition) is 3. The zero-order valence-corrected chi connectivity index (χ0v) is 10.9. The molecule has 0 saturated carbocycles. The van der Waals surface area contributed by atoms with Crippen molar-refractivity contribution >= 4 is 28.3 Å². The van der Waals surface area contributed by atoms with Gasteiger partial charge in [-0.3, -0.25) is 0 Å². The number of fused-ring (bicyclic) bond motifs is 1. The Hall–Kier alpha value is -2.13. The number of hydrogen-bond donors (Lipinski definition) is 1. The highest BCUT2D eigenvalue weighted by Crippen LogP contribution is 2.27. The summed E-state index contributed by atoms with van der Waals surface area (Å²) in [7, 11) is 0. The van der Waals surface area contributed by atoms with Crippen molar-refractivity contribution < 1.29 is 9.15 Å². The highest BCUT2D eigenvalue weighted by atomic mass is 35.5. The summed E-state index contributed by atoms with van der Waals surface area (Å²) in [6.07, 6.45) is 0. The van der Waals surface area contributed by atoms with Crippen molar-refractivity contribution in [2.45, 2.75) is 6.61 Å². The van der Waals surface area contributed by atoms with E-state index in [0.717, 1.165) is 11.0 Å². The van der Waals surface area contributed by atoms with Crippen LogP contribution in [0, 0.1) is 0 Å². The van der Waals surface area contributed by atoms with Crippen LogP contribution in [-0.4, -0.2) is 0 Å². The van der Waals surface area contributed by atoms with E-state index in [1.165, 1.54) is 0 Å². The predicted octanol–water partition coefficient (Wildman–Crippen LogP) is 4.25. The number of furan rings is 1. The average molecular weight is 274 g/mol. The van der Waals surface area contributed by atoms with Gasteiger partial charge in [0.1, 0.15) is 23.7 Å². The van der Waals surface area contributed by atoms with E-state index in [0.29, 0.717) is 28.8 Å². The standard InChI is InChI=1S/C15H12ClNO2/c16-12-4-1-2-6-15(12)18-9-10-8-11-13(17)5-3-7-14(11)19-10/h1-8H,9,17H2. The Balaban J connectivity index is 1.83. The van der Waals surface area contributed by atoms with E-state index < -0.39 is 0 Å². The van der Waals surface area contributed by atoms with Gasteiger partial charge in [0.15, 0.2) is 0 Å². The number of halogens is 1. The Bertz CT molecular complexity index is 721. The second-order valence-corrected chi connectivity index (χ2v) is 4.60. The van der Waals surface area contributed by atoms with Crippen LogP contribution in [0.5, 0.6) is 5.75 Å². The third-order valence-corrected chi connectivity index (χ3v) is 3.17. The zero-order chi connectivity index (χ0) is 13.2. The lowest BCUT2D eigenvalue weighted by atomic mass is 10.2. The summed E-state index contributed by atoms with van der Waals surface area (Å²) in [5, 5.41) is 1.48. The molecule has 0 amide bonds. The first kappa shape index (κ1) is 11.9.